The molecule has 1 aromatic heterocycles. The number of likely N-dealkylation sites (tertiary alicyclic amines) is 1. The standard InChI is InChI=1S/C15H24N4O2/c1-4-12-8-13(18-17-12)16-14(20)11-6-5-7-19(9-11)15(21)10(2)3/h8,10-11H,4-7,9H2,1-3H3,(H2,16,17,18,20). The Kier molecular flexibility index (Phi) is 4.98. The lowest BCUT2D eigenvalue weighted by atomic mass is 9.96. The number of hydrogen-bond acceptors (Lipinski definition) is 3. The number of anilines is 1. The molecule has 0 saturated carbocycles. The maximum Gasteiger partial charge on any atom is 0.230 e. The van der Waals surface area contributed by atoms with Crippen LogP contribution in [0, 0.1) is 11.8 Å². The zero-order chi connectivity index (χ0) is 15.4. The van der Waals surface area contributed by atoms with E-state index in [-0.39, 0.29) is 23.7 Å². The molecule has 1 fully saturated rings. The smallest absolute Gasteiger partial charge is 0.230 e. The molecule has 0 bridgehead atoms. The van der Waals surface area contributed by atoms with Gasteiger partial charge in [-0.3, -0.25) is 14.7 Å². The van der Waals surface area contributed by atoms with Crippen molar-refractivity contribution in [3.05, 3.63) is 11.8 Å². The number of nitrogens with zero attached hydrogens (tertiary/aromatic N) is 2. The number of H-pyrrole nitrogens is 1. The van der Waals surface area contributed by atoms with E-state index in [1.54, 1.807) is 4.90 Å². The Hall–Kier alpha value is -1.85. The number of amides is 2. The summed E-state index contributed by atoms with van der Waals surface area (Å²) in [6.07, 6.45) is 2.54. The number of carbonyl (C=O) groups is 2. The lowest BCUT2D eigenvalue weighted by Gasteiger charge is -2.33. The Morgan fingerprint density at radius 2 is 2.29 bits per heavy atom. The van der Waals surface area contributed by atoms with E-state index in [1.807, 2.05) is 26.8 Å². The Bertz CT molecular complexity index is 510. The van der Waals surface area contributed by atoms with E-state index in [2.05, 4.69) is 15.5 Å². The normalized spacial score (nSPS) is 18.9. The fourth-order valence-electron chi connectivity index (χ4n) is 2.59. The second-order valence-electron chi connectivity index (χ2n) is 5.90. The molecule has 21 heavy (non-hydrogen) atoms. The van der Waals surface area contributed by atoms with Gasteiger partial charge in [-0.25, -0.2) is 0 Å². The fourth-order valence-corrected chi connectivity index (χ4v) is 2.59. The van der Waals surface area contributed by atoms with Gasteiger partial charge < -0.3 is 10.2 Å². The molecule has 1 atom stereocenters. The number of rotatable bonds is 4. The van der Waals surface area contributed by atoms with Gasteiger partial charge in [-0.05, 0) is 19.3 Å². The highest BCUT2D eigenvalue weighted by atomic mass is 16.2. The average molecular weight is 292 g/mol. The van der Waals surface area contributed by atoms with Gasteiger partial charge in [-0.15, -0.1) is 0 Å². The molecule has 0 aromatic carbocycles. The van der Waals surface area contributed by atoms with Crippen molar-refractivity contribution < 1.29 is 9.59 Å². The summed E-state index contributed by atoms with van der Waals surface area (Å²) < 4.78 is 0. The van der Waals surface area contributed by atoms with Crippen LogP contribution in [0.1, 0.15) is 39.3 Å². The Morgan fingerprint density at radius 1 is 1.52 bits per heavy atom. The second-order valence-corrected chi connectivity index (χ2v) is 5.90. The molecule has 6 nitrogen and oxygen atoms in total. The molecule has 1 aliphatic rings. The Labute approximate surface area is 125 Å². The van der Waals surface area contributed by atoms with Gasteiger partial charge in [0.25, 0.3) is 0 Å². The van der Waals surface area contributed by atoms with Crippen LogP contribution in [0.4, 0.5) is 5.82 Å². The summed E-state index contributed by atoms with van der Waals surface area (Å²) in [4.78, 5) is 26.1. The van der Waals surface area contributed by atoms with Crippen molar-refractivity contribution >= 4 is 17.6 Å². The number of hydrogen-bond donors (Lipinski definition) is 2. The quantitative estimate of drug-likeness (QED) is 0.888. The molecule has 1 saturated heterocycles. The molecule has 0 spiro atoms. The largest absolute Gasteiger partial charge is 0.342 e. The molecular formula is C15H24N4O2. The summed E-state index contributed by atoms with van der Waals surface area (Å²) in [6, 6.07) is 1.85. The summed E-state index contributed by atoms with van der Waals surface area (Å²) in [5.74, 6) is 0.462. The molecule has 2 heterocycles. The molecule has 6 heteroatoms. The zero-order valence-electron chi connectivity index (χ0n) is 13.0. The van der Waals surface area contributed by atoms with Crippen molar-refractivity contribution in [2.45, 2.75) is 40.0 Å². The molecule has 2 N–H and O–H groups in total. The van der Waals surface area contributed by atoms with Crippen LogP contribution in [0.3, 0.4) is 0 Å². The van der Waals surface area contributed by atoms with Crippen molar-refractivity contribution in [1.29, 1.82) is 0 Å². The monoisotopic (exact) mass is 292 g/mol. The summed E-state index contributed by atoms with van der Waals surface area (Å²) in [7, 11) is 0. The van der Waals surface area contributed by atoms with Crippen LogP contribution in [0.25, 0.3) is 0 Å². The second kappa shape index (κ2) is 6.74. The van der Waals surface area contributed by atoms with E-state index in [0.717, 1.165) is 31.5 Å². The van der Waals surface area contributed by atoms with Crippen molar-refractivity contribution in [2.24, 2.45) is 11.8 Å². The summed E-state index contributed by atoms with van der Waals surface area (Å²) >= 11 is 0. The van der Waals surface area contributed by atoms with E-state index in [1.165, 1.54) is 0 Å². The highest BCUT2D eigenvalue weighted by molar-refractivity contribution is 5.92. The molecule has 1 unspecified atom stereocenters. The van der Waals surface area contributed by atoms with Crippen LogP contribution in [0.2, 0.25) is 0 Å². The minimum atomic E-state index is -0.150. The van der Waals surface area contributed by atoms with Gasteiger partial charge in [0.05, 0.1) is 5.92 Å². The third kappa shape index (κ3) is 3.83. The van der Waals surface area contributed by atoms with Crippen LogP contribution in [0.5, 0.6) is 0 Å². The maximum atomic E-state index is 12.3. The third-order valence-corrected chi connectivity index (χ3v) is 3.86. The maximum absolute atomic E-state index is 12.3. The number of piperidine rings is 1. The summed E-state index contributed by atoms with van der Waals surface area (Å²) in [5.41, 5.74) is 0.991. The minimum absolute atomic E-state index is 0.0229. The van der Waals surface area contributed by atoms with E-state index in [4.69, 9.17) is 0 Å². The fraction of sp³-hybridized carbons (Fsp3) is 0.667. The number of nitrogens with one attached hydrogen (secondary N) is 2. The number of aromatic nitrogens is 2. The van der Waals surface area contributed by atoms with E-state index in [9.17, 15) is 9.59 Å². The SMILES string of the molecule is CCc1cc(NC(=O)C2CCCN(C(=O)C(C)C)C2)n[nH]1. The first-order valence-electron chi connectivity index (χ1n) is 7.65. The number of aromatic amines is 1. The number of aryl methyl sites for hydroxylation is 1. The van der Waals surface area contributed by atoms with Gasteiger partial charge in [0.15, 0.2) is 5.82 Å². The predicted molar refractivity (Wildman–Crippen MR) is 80.7 cm³/mol. The van der Waals surface area contributed by atoms with E-state index >= 15 is 0 Å². The Morgan fingerprint density at radius 3 is 2.90 bits per heavy atom. The van der Waals surface area contributed by atoms with Gasteiger partial charge in [0.2, 0.25) is 11.8 Å². The van der Waals surface area contributed by atoms with Crippen molar-refractivity contribution in [3.8, 4) is 0 Å². The molecule has 2 amide bonds. The van der Waals surface area contributed by atoms with Gasteiger partial charge in [0.1, 0.15) is 0 Å². The van der Waals surface area contributed by atoms with E-state index < -0.39 is 0 Å². The summed E-state index contributed by atoms with van der Waals surface area (Å²) in [5, 5.41) is 9.78. The van der Waals surface area contributed by atoms with Gasteiger partial charge in [0, 0.05) is 30.8 Å². The first-order valence-corrected chi connectivity index (χ1v) is 7.65. The van der Waals surface area contributed by atoms with Crippen LogP contribution in [-0.2, 0) is 16.0 Å². The first kappa shape index (κ1) is 15.5. The predicted octanol–water partition coefficient (Wildman–Crippen LogP) is 1.81. The zero-order valence-corrected chi connectivity index (χ0v) is 13.0. The highest BCUT2D eigenvalue weighted by Gasteiger charge is 2.29. The number of carbonyl (C=O) groups excluding carboxylic acids is 2. The molecular weight excluding hydrogens is 268 g/mol. The molecule has 1 aliphatic heterocycles. The van der Waals surface area contributed by atoms with Crippen LogP contribution >= 0.6 is 0 Å². The lowest BCUT2D eigenvalue weighted by molar-refractivity contribution is -0.137. The van der Waals surface area contributed by atoms with Crippen molar-refractivity contribution in [1.82, 2.24) is 15.1 Å². The van der Waals surface area contributed by atoms with Gasteiger partial charge in [-0.1, -0.05) is 20.8 Å². The molecule has 0 radical (unpaired) electrons. The van der Waals surface area contributed by atoms with Crippen molar-refractivity contribution in [2.75, 3.05) is 18.4 Å². The van der Waals surface area contributed by atoms with Gasteiger partial charge in [-0.2, -0.15) is 5.10 Å². The van der Waals surface area contributed by atoms with E-state index in [0.29, 0.717) is 12.4 Å². The average Bonchev–Trinajstić information content (AvgIpc) is 2.94. The third-order valence-electron chi connectivity index (χ3n) is 3.86. The van der Waals surface area contributed by atoms with Crippen molar-refractivity contribution in [3.63, 3.8) is 0 Å². The summed E-state index contributed by atoms with van der Waals surface area (Å²) in [6.45, 7) is 7.07. The lowest BCUT2D eigenvalue weighted by Crippen LogP contribution is -2.45. The Balaban J connectivity index is 1.94. The molecule has 116 valence electrons. The topological polar surface area (TPSA) is 78.1 Å². The molecule has 1 aromatic rings. The minimum Gasteiger partial charge on any atom is -0.342 e. The van der Waals surface area contributed by atoms with Crippen LogP contribution in [0.15, 0.2) is 6.07 Å². The first-order chi connectivity index (χ1) is 10.0. The highest BCUT2D eigenvalue weighted by Crippen LogP contribution is 2.20. The van der Waals surface area contributed by atoms with Crippen LogP contribution in [-0.4, -0.2) is 40.0 Å². The molecule has 0 aliphatic carbocycles. The van der Waals surface area contributed by atoms with Crippen LogP contribution < -0.4 is 5.32 Å². The van der Waals surface area contributed by atoms with Gasteiger partial charge >= 0.3 is 0 Å². The molecule has 2 rings (SSSR count).